The number of pyridine rings is 1. The molecule has 0 saturated carbocycles. The van der Waals surface area contributed by atoms with E-state index in [4.69, 9.17) is 23.2 Å². The molecule has 0 N–H and O–H groups in total. The van der Waals surface area contributed by atoms with Gasteiger partial charge in [0.1, 0.15) is 10.9 Å². The van der Waals surface area contributed by atoms with Crippen LogP contribution >= 0.6 is 23.2 Å². The molecule has 1 aliphatic rings. The summed E-state index contributed by atoms with van der Waals surface area (Å²) in [6.45, 7) is 1.20. The Morgan fingerprint density at radius 3 is 2.38 bits per heavy atom. The van der Waals surface area contributed by atoms with Crippen molar-refractivity contribution < 1.29 is 21.6 Å². The van der Waals surface area contributed by atoms with E-state index in [1.54, 1.807) is 0 Å². The molecular weight excluding hydrogens is 452 g/mol. The van der Waals surface area contributed by atoms with Crippen molar-refractivity contribution >= 4 is 33.2 Å². The Kier molecular flexibility index (Phi) is 6.06. The molecule has 5 nitrogen and oxygen atoms in total. The van der Waals surface area contributed by atoms with Crippen molar-refractivity contribution in [3.05, 3.63) is 62.0 Å². The van der Waals surface area contributed by atoms with Gasteiger partial charge < -0.3 is 4.57 Å². The maximum absolute atomic E-state index is 14.0. The van der Waals surface area contributed by atoms with Crippen molar-refractivity contribution in [3.63, 3.8) is 0 Å². The second-order valence-corrected chi connectivity index (χ2v) is 9.24. The van der Waals surface area contributed by atoms with Crippen LogP contribution in [0.1, 0.15) is 30.6 Å². The van der Waals surface area contributed by atoms with Gasteiger partial charge in [0.05, 0.1) is 5.02 Å². The van der Waals surface area contributed by atoms with Crippen LogP contribution in [0.5, 0.6) is 0 Å². The zero-order valence-corrected chi connectivity index (χ0v) is 17.5. The highest BCUT2D eigenvalue weighted by atomic mass is 35.5. The van der Waals surface area contributed by atoms with Gasteiger partial charge in [-0.05, 0) is 30.5 Å². The number of hydrogen-bond donors (Lipinski definition) is 0. The standard InChI is InChI=1S/C18H17Cl2F3N2O3S/c1-2-25(17(18(21,22)23)11-5-7-12(19)8-6-11)29(27,28)14-10-15(26)24-9-3-4-13(24)16(14)20/h5-8,10,17H,2-4,9H2,1H3/t17-/m1/s1. The molecule has 0 spiro atoms. The molecule has 1 atom stereocenters. The van der Waals surface area contributed by atoms with Gasteiger partial charge in [-0.1, -0.05) is 42.3 Å². The molecular formula is C18H17Cl2F3N2O3S. The molecule has 0 radical (unpaired) electrons. The SMILES string of the molecule is CCN([C@H](c1ccc(Cl)cc1)C(F)(F)F)S(=O)(=O)c1cc(=O)n2c(c1Cl)CCC2. The van der Waals surface area contributed by atoms with E-state index in [0.29, 0.717) is 29.4 Å². The summed E-state index contributed by atoms with van der Waals surface area (Å²) in [5.74, 6) is 0. The quantitative estimate of drug-likeness (QED) is 0.652. The van der Waals surface area contributed by atoms with E-state index in [2.05, 4.69) is 0 Å². The van der Waals surface area contributed by atoms with E-state index in [1.807, 2.05) is 0 Å². The minimum Gasteiger partial charge on any atom is -0.311 e. The maximum Gasteiger partial charge on any atom is 0.409 e. The molecule has 2 aromatic rings. The summed E-state index contributed by atoms with van der Waals surface area (Å²) in [5, 5.41) is 0.00727. The summed E-state index contributed by atoms with van der Waals surface area (Å²) in [4.78, 5) is 11.7. The Bertz CT molecular complexity index is 1080. The van der Waals surface area contributed by atoms with Crippen LogP contribution in [0, 0.1) is 0 Å². The minimum atomic E-state index is -4.91. The predicted molar refractivity (Wildman–Crippen MR) is 104 cm³/mol. The number of fused-ring (bicyclic) bond motifs is 1. The van der Waals surface area contributed by atoms with Crippen LogP contribution in [-0.4, -0.2) is 30.0 Å². The number of aromatic nitrogens is 1. The summed E-state index contributed by atoms with van der Waals surface area (Å²) in [5.41, 5.74) is -0.572. The average Bonchev–Trinajstić information content (AvgIpc) is 3.13. The first-order valence-corrected chi connectivity index (χ1v) is 10.9. The Morgan fingerprint density at radius 1 is 1.21 bits per heavy atom. The highest BCUT2D eigenvalue weighted by molar-refractivity contribution is 7.89. The summed E-state index contributed by atoms with van der Waals surface area (Å²) >= 11 is 12.0. The van der Waals surface area contributed by atoms with Crippen LogP contribution in [0.2, 0.25) is 10.0 Å². The zero-order chi connectivity index (χ0) is 21.6. The highest BCUT2D eigenvalue weighted by Gasteiger charge is 2.49. The molecule has 1 aromatic heterocycles. The van der Waals surface area contributed by atoms with Crippen molar-refractivity contribution in [1.82, 2.24) is 8.87 Å². The van der Waals surface area contributed by atoms with Crippen LogP contribution in [-0.2, 0) is 23.0 Å². The summed E-state index contributed by atoms with van der Waals surface area (Å²) < 4.78 is 70.0. The number of sulfonamides is 1. The molecule has 158 valence electrons. The van der Waals surface area contributed by atoms with Crippen molar-refractivity contribution in [2.24, 2.45) is 0 Å². The fourth-order valence-corrected chi connectivity index (χ4v) is 5.89. The van der Waals surface area contributed by atoms with Gasteiger partial charge in [-0.2, -0.15) is 17.5 Å². The molecule has 3 rings (SSSR count). The third kappa shape index (κ3) is 4.05. The topological polar surface area (TPSA) is 59.4 Å². The third-order valence-electron chi connectivity index (χ3n) is 4.79. The van der Waals surface area contributed by atoms with E-state index >= 15 is 0 Å². The van der Waals surface area contributed by atoms with E-state index < -0.39 is 39.2 Å². The molecule has 0 amide bonds. The number of benzene rings is 1. The molecule has 11 heteroatoms. The minimum absolute atomic E-state index is 0.211. The van der Waals surface area contributed by atoms with E-state index in [0.717, 1.165) is 18.2 Å². The summed E-state index contributed by atoms with van der Waals surface area (Å²) in [6, 6.07) is 3.09. The second-order valence-electron chi connectivity index (χ2n) is 6.57. The van der Waals surface area contributed by atoms with Crippen LogP contribution in [0.15, 0.2) is 40.0 Å². The van der Waals surface area contributed by atoms with Gasteiger partial charge >= 0.3 is 6.18 Å². The third-order valence-corrected chi connectivity index (χ3v) is 7.54. The molecule has 0 unspecified atom stereocenters. The first-order chi connectivity index (χ1) is 13.5. The van der Waals surface area contributed by atoms with Gasteiger partial charge in [0, 0.05) is 29.9 Å². The summed E-state index contributed by atoms with van der Waals surface area (Å²) in [7, 11) is -4.73. The molecule has 29 heavy (non-hydrogen) atoms. The molecule has 0 aliphatic carbocycles. The maximum atomic E-state index is 14.0. The predicted octanol–water partition coefficient (Wildman–Crippen LogP) is 4.42. The van der Waals surface area contributed by atoms with E-state index in [-0.39, 0.29) is 15.6 Å². The molecule has 2 heterocycles. The van der Waals surface area contributed by atoms with Gasteiger partial charge in [-0.25, -0.2) is 8.42 Å². The Balaban J connectivity index is 2.18. The number of hydrogen-bond acceptors (Lipinski definition) is 3. The lowest BCUT2D eigenvalue weighted by Gasteiger charge is -2.32. The summed E-state index contributed by atoms with van der Waals surface area (Å²) in [6.07, 6.45) is -3.93. The van der Waals surface area contributed by atoms with Crippen LogP contribution in [0.25, 0.3) is 0 Å². The van der Waals surface area contributed by atoms with Gasteiger partial charge in [-0.3, -0.25) is 4.79 Å². The molecule has 1 aromatic carbocycles. The zero-order valence-electron chi connectivity index (χ0n) is 15.2. The van der Waals surface area contributed by atoms with Crippen molar-refractivity contribution in [1.29, 1.82) is 0 Å². The van der Waals surface area contributed by atoms with Crippen LogP contribution < -0.4 is 5.56 Å². The largest absolute Gasteiger partial charge is 0.409 e. The lowest BCUT2D eigenvalue weighted by molar-refractivity contribution is -0.173. The van der Waals surface area contributed by atoms with Crippen molar-refractivity contribution in [2.75, 3.05) is 6.54 Å². The monoisotopic (exact) mass is 468 g/mol. The fourth-order valence-electron chi connectivity index (χ4n) is 3.51. The first-order valence-electron chi connectivity index (χ1n) is 8.74. The lowest BCUT2D eigenvalue weighted by Crippen LogP contribution is -2.42. The molecule has 0 fully saturated rings. The van der Waals surface area contributed by atoms with Gasteiger partial charge in [0.15, 0.2) is 0 Å². The van der Waals surface area contributed by atoms with Crippen molar-refractivity contribution in [3.8, 4) is 0 Å². The average molecular weight is 469 g/mol. The molecule has 0 bridgehead atoms. The Hall–Kier alpha value is -1.55. The van der Waals surface area contributed by atoms with Crippen LogP contribution in [0.4, 0.5) is 13.2 Å². The van der Waals surface area contributed by atoms with Crippen molar-refractivity contribution in [2.45, 2.75) is 43.4 Å². The number of halogens is 5. The van der Waals surface area contributed by atoms with Gasteiger partial charge in [-0.15, -0.1) is 0 Å². The van der Waals surface area contributed by atoms with Crippen LogP contribution in [0.3, 0.4) is 0 Å². The first kappa shape index (κ1) is 22.1. The molecule has 1 aliphatic heterocycles. The highest BCUT2D eigenvalue weighted by Crippen LogP contribution is 2.42. The Labute approximate surface area is 175 Å². The van der Waals surface area contributed by atoms with E-state index in [9.17, 15) is 26.4 Å². The normalized spacial score (nSPS) is 15.6. The molecule has 0 saturated heterocycles. The van der Waals surface area contributed by atoms with Gasteiger partial charge in [0.2, 0.25) is 10.0 Å². The Morgan fingerprint density at radius 2 is 1.83 bits per heavy atom. The fraction of sp³-hybridized carbons (Fsp3) is 0.389. The lowest BCUT2D eigenvalue weighted by atomic mass is 10.1. The number of alkyl halides is 3. The van der Waals surface area contributed by atoms with Gasteiger partial charge in [0.25, 0.3) is 5.56 Å². The second kappa shape index (κ2) is 7.94. The van der Waals surface area contributed by atoms with E-state index in [1.165, 1.54) is 23.6 Å². The number of rotatable bonds is 5. The smallest absolute Gasteiger partial charge is 0.311 e. The number of nitrogens with zero attached hydrogens (tertiary/aromatic N) is 2.